The van der Waals surface area contributed by atoms with Gasteiger partial charge in [0.25, 0.3) is 0 Å². The van der Waals surface area contributed by atoms with E-state index in [4.69, 9.17) is 0 Å². The Kier molecular flexibility index (Phi) is 2.20. The molecule has 2 rings (SSSR count). The largest absolute Gasteiger partial charge is 0.313 e. The molecular formula is C11H19NO. The van der Waals surface area contributed by atoms with Crippen LogP contribution in [0.4, 0.5) is 0 Å². The summed E-state index contributed by atoms with van der Waals surface area (Å²) in [6.07, 6.45) is 8.89. The Morgan fingerprint density at radius 1 is 1.54 bits per heavy atom. The summed E-state index contributed by atoms with van der Waals surface area (Å²) >= 11 is 0. The van der Waals surface area contributed by atoms with Crippen LogP contribution in [-0.4, -0.2) is 21.9 Å². The topological polar surface area (TPSA) is 23.5 Å². The van der Waals surface area contributed by atoms with E-state index in [1.54, 1.807) is 5.06 Å². The number of nitrogens with zero attached hydrogens (tertiary/aromatic N) is 1. The van der Waals surface area contributed by atoms with Crippen molar-refractivity contribution in [3.8, 4) is 0 Å². The predicted molar refractivity (Wildman–Crippen MR) is 52.6 cm³/mol. The minimum Gasteiger partial charge on any atom is -0.313 e. The van der Waals surface area contributed by atoms with Crippen LogP contribution in [0.25, 0.3) is 0 Å². The van der Waals surface area contributed by atoms with Crippen LogP contribution in [0.15, 0.2) is 12.2 Å². The van der Waals surface area contributed by atoms with E-state index in [9.17, 15) is 5.21 Å². The number of hydrogen-bond donors (Lipinski definition) is 1. The van der Waals surface area contributed by atoms with Crippen LogP contribution in [0.2, 0.25) is 0 Å². The van der Waals surface area contributed by atoms with Gasteiger partial charge < -0.3 is 5.21 Å². The van der Waals surface area contributed by atoms with Gasteiger partial charge in [-0.1, -0.05) is 19.1 Å². The maximum atomic E-state index is 9.99. The minimum absolute atomic E-state index is 0.0366. The van der Waals surface area contributed by atoms with Crippen molar-refractivity contribution < 1.29 is 5.21 Å². The van der Waals surface area contributed by atoms with Crippen molar-refractivity contribution in [1.82, 2.24) is 5.06 Å². The molecule has 2 aliphatic heterocycles. The molecule has 2 nitrogen and oxygen atoms in total. The first-order valence-corrected chi connectivity index (χ1v) is 5.27. The highest BCUT2D eigenvalue weighted by Gasteiger charge is 2.42. The molecule has 2 heterocycles. The fourth-order valence-corrected chi connectivity index (χ4v) is 2.80. The summed E-state index contributed by atoms with van der Waals surface area (Å²) in [4.78, 5) is 0. The van der Waals surface area contributed by atoms with E-state index < -0.39 is 0 Å². The maximum absolute atomic E-state index is 9.99. The van der Waals surface area contributed by atoms with E-state index in [1.165, 1.54) is 0 Å². The fraction of sp³-hybridized carbons (Fsp3) is 0.818. The van der Waals surface area contributed by atoms with Gasteiger partial charge >= 0.3 is 0 Å². The molecular weight excluding hydrogens is 162 g/mol. The molecule has 3 unspecified atom stereocenters. The highest BCUT2D eigenvalue weighted by Crippen LogP contribution is 2.39. The lowest BCUT2D eigenvalue weighted by atomic mass is 9.88. The molecule has 0 aliphatic carbocycles. The zero-order valence-electron chi connectivity index (χ0n) is 8.53. The predicted octanol–water partition coefficient (Wildman–Crippen LogP) is 2.58. The molecule has 2 heteroatoms. The summed E-state index contributed by atoms with van der Waals surface area (Å²) < 4.78 is 0. The summed E-state index contributed by atoms with van der Waals surface area (Å²) in [6.45, 7) is 4.41. The van der Waals surface area contributed by atoms with Crippen LogP contribution in [0.1, 0.15) is 39.5 Å². The first-order valence-electron chi connectivity index (χ1n) is 5.27. The first kappa shape index (κ1) is 9.22. The second kappa shape index (κ2) is 3.10. The van der Waals surface area contributed by atoms with E-state index in [1.807, 2.05) is 0 Å². The van der Waals surface area contributed by atoms with Gasteiger partial charge in [-0.25, -0.2) is 0 Å². The summed E-state index contributed by atoms with van der Waals surface area (Å²) in [5, 5.41) is 11.6. The van der Waals surface area contributed by atoms with Crippen molar-refractivity contribution in [3.05, 3.63) is 12.2 Å². The highest BCUT2D eigenvalue weighted by atomic mass is 16.5. The van der Waals surface area contributed by atoms with Crippen molar-refractivity contribution in [3.63, 3.8) is 0 Å². The molecule has 2 aliphatic rings. The van der Waals surface area contributed by atoms with Gasteiger partial charge in [0.05, 0.1) is 0 Å². The van der Waals surface area contributed by atoms with Crippen LogP contribution < -0.4 is 0 Å². The lowest BCUT2D eigenvalue weighted by molar-refractivity contribution is -0.174. The Hall–Kier alpha value is -0.340. The third-order valence-corrected chi connectivity index (χ3v) is 3.55. The molecule has 0 aromatic heterocycles. The molecule has 0 spiro atoms. The molecule has 0 aromatic carbocycles. The van der Waals surface area contributed by atoms with Gasteiger partial charge in [-0.2, -0.15) is 5.06 Å². The summed E-state index contributed by atoms with van der Waals surface area (Å²) in [6, 6.07) is 0.369. The lowest BCUT2D eigenvalue weighted by Gasteiger charge is -2.35. The van der Waals surface area contributed by atoms with Gasteiger partial charge in [0, 0.05) is 11.6 Å². The molecule has 13 heavy (non-hydrogen) atoms. The summed E-state index contributed by atoms with van der Waals surface area (Å²) in [7, 11) is 0. The molecule has 1 saturated heterocycles. The Bertz CT molecular complexity index is 226. The molecule has 2 bridgehead atoms. The number of hydrogen-bond acceptors (Lipinski definition) is 2. The van der Waals surface area contributed by atoms with Gasteiger partial charge in [-0.05, 0) is 38.5 Å². The highest BCUT2D eigenvalue weighted by molar-refractivity contribution is 5.03. The van der Waals surface area contributed by atoms with E-state index in [-0.39, 0.29) is 5.54 Å². The third kappa shape index (κ3) is 1.53. The normalized spacial score (nSPS) is 48.5. The second-order valence-electron chi connectivity index (χ2n) is 4.88. The lowest BCUT2D eigenvalue weighted by Crippen LogP contribution is -2.44. The van der Waals surface area contributed by atoms with Crippen molar-refractivity contribution in [1.29, 1.82) is 0 Å². The number of rotatable bonds is 0. The Morgan fingerprint density at radius 2 is 2.31 bits per heavy atom. The van der Waals surface area contributed by atoms with Gasteiger partial charge in [0.2, 0.25) is 0 Å². The quantitative estimate of drug-likeness (QED) is 0.581. The zero-order valence-corrected chi connectivity index (χ0v) is 8.53. The zero-order chi connectivity index (χ0) is 9.47. The Morgan fingerprint density at radius 3 is 3.08 bits per heavy atom. The summed E-state index contributed by atoms with van der Waals surface area (Å²) in [5.74, 6) is 0.596. The van der Waals surface area contributed by atoms with Crippen LogP contribution in [0, 0.1) is 5.92 Å². The number of fused-ring (bicyclic) bond motifs is 2. The molecule has 74 valence electrons. The van der Waals surface area contributed by atoms with Crippen LogP contribution >= 0.6 is 0 Å². The van der Waals surface area contributed by atoms with E-state index >= 15 is 0 Å². The monoisotopic (exact) mass is 181 g/mol. The number of hydroxylamine groups is 2. The average Bonchev–Trinajstić information content (AvgIpc) is 2.35. The Balaban J connectivity index is 2.23. The average molecular weight is 181 g/mol. The van der Waals surface area contributed by atoms with Gasteiger partial charge in [0.1, 0.15) is 0 Å². The van der Waals surface area contributed by atoms with E-state index in [0.717, 1.165) is 25.7 Å². The summed E-state index contributed by atoms with van der Waals surface area (Å²) in [5.41, 5.74) is 0.0366. The van der Waals surface area contributed by atoms with Crippen LogP contribution in [-0.2, 0) is 0 Å². The standard InChI is InChI=1S/C11H19NO/c1-9-4-3-5-10-6-7-11(2,8-9)12(10)13/h3-4,9-10,13H,5-8H2,1-2H3/b4-3+. The van der Waals surface area contributed by atoms with E-state index in [0.29, 0.717) is 12.0 Å². The van der Waals surface area contributed by atoms with Gasteiger partial charge in [-0.3, -0.25) is 0 Å². The number of allylic oxidation sites excluding steroid dienone is 1. The first-order chi connectivity index (χ1) is 6.12. The molecule has 0 aromatic rings. The molecule has 0 saturated carbocycles. The van der Waals surface area contributed by atoms with Crippen LogP contribution in [0.5, 0.6) is 0 Å². The van der Waals surface area contributed by atoms with Crippen molar-refractivity contribution in [2.75, 3.05) is 0 Å². The van der Waals surface area contributed by atoms with Gasteiger partial charge in [-0.15, -0.1) is 0 Å². The molecule has 3 atom stereocenters. The van der Waals surface area contributed by atoms with Gasteiger partial charge in [0.15, 0.2) is 0 Å². The smallest absolute Gasteiger partial charge is 0.0441 e. The van der Waals surface area contributed by atoms with Crippen molar-refractivity contribution in [2.45, 2.75) is 51.1 Å². The SMILES string of the molecule is CC1/C=C/CC2CCC(C)(C1)N2O. The van der Waals surface area contributed by atoms with Crippen molar-refractivity contribution in [2.24, 2.45) is 5.92 Å². The molecule has 0 radical (unpaired) electrons. The fourth-order valence-electron chi connectivity index (χ4n) is 2.80. The molecule has 1 N–H and O–H groups in total. The molecule has 1 fully saturated rings. The van der Waals surface area contributed by atoms with Crippen LogP contribution in [0.3, 0.4) is 0 Å². The Labute approximate surface area is 80.2 Å². The second-order valence-corrected chi connectivity index (χ2v) is 4.88. The minimum atomic E-state index is 0.0366. The van der Waals surface area contributed by atoms with Crippen molar-refractivity contribution >= 4 is 0 Å². The third-order valence-electron chi connectivity index (χ3n) is 3.55. The molecule has 0 amide bonds. The van der Waals surface area contributed by atoms with E-state index in [2.05, 4.69) is 26.0 Å². The maximum Gasteiger partial charge on any atom is 0.0441 e.